The van der Waals surface area contributed by atoms with Gasteiger partial charge in [0.05, 0.1) is 21.3 Å². The Morgan fingerprint density at radius 2 is 1.65 bits per heavy atom. The van der Waals surface area contributed by atoms with Crippen LogP contribution in [0.2, 0.25) is 0 Å². The van der Waals surface area contributed by atoms with Crippen molar-refractivity contribution in [2.45, 2.75) is 31.6 Å². The van der Waals surface area contributed by atoms with Gasteiger partial charge < -0.3 is 24.8 Å². The first-order chi connectivity index (χ1) is 19.3. The number of anilines is 1. The van der Waals surface area contributed by atoms with Crippen LogP contribution in [0.4, 0.5) is 10.1 Å². The molecule has 0 aromatic heterocycles. The lowest BCUT2D eigenvalue weighted by molar-refractivity contribution is -0.116. The Morgan fingerprint density at radius 3 is 2.33 bits per heavy atom. The Hall–Kier alpha value is -4.59. The number of ether oxygens (including phenoxy) is 3. The lowest BCUT2D eigenvalue weighted by atomic mass is 9.71. The van der Waals surface area contributed by atoms with E-state index >= 15 is 0 Å². The summed E-state index contributed by atoms with van der Waals surface area (Å²) < 4.78 is 30.5. The molecular weight excluding hydrogens is 511 g/mol. The third-order valence-electron chi connectivity index (χ3n) is 7.48. The monoisotopic (exact) mass is 542 g/mol. The van der Waals surface area contributed by atoms with Crippen LogP contribution in [0.15, 0.2) is 89.3 Å². The quantitative estimate of drug-likeness (QED) is 0.390. The van der Waals surface area contributed by atoms with E-state index in [2.05, 4.69) is 10.6 Å². The van der Waals surface area contributed by atoms with E-state index < -0.39 is 11.7 Å². The van der Waals surface area contributed by atoms with Crippen LogP contribution in [-0.2, 0) is 9.59 Å². The van der Waals surface area contributed by atoms with Crippen LogP contribution in [0.3, 0.4) is 0 Å². The van der Waals surface area contributed by atoms with Crippen LogP contribution in [0.1, 0.15) is 42.7 Å². The lowest BCUT2D eigenvalue weighted by Gasteiger charge is -2.37. The summed E-state index contributed by atoms with van der Waals surface area (Å²) in [6.07, 6.45) is 0.793. The zero-order chi connectivity index (χ0) is 28.4. The van der Waals surface area contributed by atoms with Gasteiger partial charge in [-0.25, -0.2) is 4.39 Å². The Morgan fingerprint density at radius 1 is 0.900 bits per heavy atom. The van der Waals surface area contributed by atoms with Crippen molar-refractivity contribution in [3.63, 3.8) is 0 Å². The van der Waals surface area contributed by atoms with Crippen LogP contribution in [-0.4, -0.2) is 33.0 Å². The molecule has 0 saturated carbocycles. The standard InChI is InChI=1S/C32H31FN2O5/c1-18-29(32(37)35-23-9-11-24(38-2)12-10-23)30(20-6-5-7-22(33)14-20)31-25(34-18)15-21(16-26(31)36)19-8-13-27(39-3)28(17-19)40-4/h5-14,17,21,30,34H,15-16H2,1-4H3,(H,35,37)/t21-,30+/m0/s1. The number of methoxy groups -OCH3 is 3. The van der Waals surface area contributed by atoms with Crippen LogP contribution in [0.25, 0.3) is 0 Å². The molecule has 0 saturated heterocycles. The van der Waals surface area contributed by atoms with Gasteiger partial charge in [-0.3, -0.25) is 9.59 Å². The highest BCUT2D eigenvalue weighted by molar-refractivity contribution is 6.10. The molecule has 0 fully saturated rings. The number of dihydropyridines is 1. The molecule has 3 aromatic carbocycles. The molecule has 7 nitrogen and oxygen atoms in total. The zero-order valence-electron chi connectivity index (χ0n) is 22.8. The minimum Gasteiger partial charge on any atom is -0.497 e. The van der Waals surface area contributed by atoms with Crippen molar-refractivity contribution in [3.8, 4) is 17.2 Å². The van der Waals surface area contributed by atoms with Crippen molar-refractivity contribution in [2.75, 3.05) is 26.6 Å². The Kier molecular flexibility index (Phi) is 7.60. The van der Waals surface area contributed by atoms with Gasteiger partial charge in [0.2, 0.25) is 0 Å². The van der Waals surface area contributed by atoms with Crippen LogP contribution in [0.5, 0.6) is 17.2 Å². The molecule has 0 unspecified atom stereocenters. The number of Topliss-reactive ketones (excluding diaryl/α,β-unsaturated/α-hetero) is 1. The topological polar surface area (TPSA) is 85.9 Å². The average Bonchev–Trinajstić information content (AvgIpc) is 2.96. The van der Waals surface area contributed by atoms with E-state index in [4.69, 9.17) is 14.2 Å². The fraction of sp³-hybridized carbons (Fsp3) is 0.250. The molecule has 2 N–H and O–H groups in total. The smallest absolute Gasteiger partial charge is 0.254 e. The number of carbonyl (C=O) groups excluding carboxylic acids is 2. The summed E-state index contributed by atoms with van der Waals surface area (Å²) >= 11 is 0. The van der Waals surface area contributed by atoms with Crippen molar-refractivity contribution in [1.29, 1.82) is 0 Å². The first kappa shape index (κ1) is 27.0. The minimum absolute atomic E-state index is 0.0926. The second kappa shape index (κ2) is 11.3. The molecule has 206 valence electrons. The van der Waals surface area contributed by atoms with Crippen molar-refractivity contribution in [2.24, 2.45) is 0 Å². The largest absolute Gasteiger partial charge is 0.497 e. The van der Waals surface area contributed by atoms with Crippen molar-refractivity contribution >= 4 is 17.4 Å². The number of allylic oxidation sites excluding steroid dienone is 3. The SMILES string of the molecule is COc1ccc(NC(=O)C2=C(C)NC3=C(C(=O)C[C@@H](c4ccc(OC)c(OC)c4)C3)[C@@H]2c2cccc(F)c2)cc1. The lowest BCUT2D eigenvalue weighted by Crippen LogP contribution is -2.37. The Labute approximate surface area is 232 Å². The van der Waals surface area contributed by atoms with Gasteiger partial charge in [-0.05, 0) is 78.9 Å². The number of rotatable bonds is 7. The fourth-order valence-electron chi connectivity index (χ4n) is 5.57. The van der Waals surface area contributed by atoms with E-state index in [1.807, 2.05) is 25.1 Å². The van der Waals surface area contributed by atoms with E-state index in [-0.39, 0.29) is 24.0 Å². The molecule has 1 aliphatic heterocycles. The highest BCUT2D eigenvalue weighted by Crippen LogP contribution is 2.46. The van der Waals surface area contributed by atoms with Gasteiger partial charge in [0.15, 0.2) is 17.3 Å². The number of ketones is 1. The maximum absolute atomic E-state index is 14.4. The van der Waals surface area contributed by atoms with Gasteiger partial charge in [-0.15, -0.1) is 0 Å². The van der Waals surface area contributed by atoms with Gasteiger partial charge in [0, 0.05) is 40.6 Å². The molecule has 40 heavy (non-hydrogen) atoms. The predicted molar refractivity (Wildman–Crippen MR) is 150 cm³/mol. The second-order valence-electron chi connectivity index (χ2n) is 9.87. The number of amides is 1. The summed E-state index contributed by atoms with van der Waals surface area (Å²) in [6.45, 7) is 1.81. The van der Waals surface area contributed by atoms with Crippen LogP contribution in [0, 0.1) is 5.82 Å². The first-order valence-corrected chi connectivity index (χ1v) is 13.0. The molecular formula is C32H31FN2O5. The molecule has 2 aliphatic rings. The second-order valence-corrected chi connectivity index (χ2v) is 9.87. The first-order valence-electron chi connectivity index (χ1n) is 13.0. The van der Waals surface area contributed by atoms with Gasteiger partial charge in [0.25, 0.3) is 5.91 Å². The summed E-state index contributed by atoms with van der Waals surface area (Å²) in [6, 6.07) is 18.7. The molecule has 0 spiro atoms. The minimum atomic E-state index is -0.718. The van der Waals surface area contributed by atoms with E-state index in [9.17, 15) is 14.0 Å². The third-order valence-corrected chi connectivity index (χ3v) is 7.48. The highest BCUT2D eigenvalue weighted by Gasteiger charge is 2.41. The number of benzene rings is 3. The van der Waals surface area contributed by atoms with Gasteiger partial charge in [0.1, 0.15) is 11.6 Å². The summed E-state index contributed by atoms with van der Waals surface area (Å²) in [5, 5.41) is 6.29. The number of hydrogen-bond donors (Lipinski definition) is 2. The molecule has 1 aliphatic carbocycles. The van der Waals surface area contributed by atoms with E-state index in [1.54, 1.807) is 57.7 Å². The third kappa shape index (κ3) is 5.17. The summed E-state index contributed by atoms with van der Waals surface area (Å²) in [7, 11) is 4.73. The fourth-order valence-corrected chi connectivity index (χ4v) is 5.57. The van der Waals surface area contributed by atoms with Crippen LogP contribution < -0.4 is 24.8 Å². The average molecular weight is 543 g/mol. The molecule has 0 bridgehead atoms. The number of halogens is 1. The molecule has 2 atom stereocenters. The number of nitrogens with one attached hydrogen (secondary N) is 2. The maximum atomic E-state index is 14.4. The molecule has 1 amide bonds. The normalized spacial score (nSPS) is 18.6. The molecule has 3 aromatic rings. The summed E-state index contributed by atoms with van der Waals surface area (Å²) in [5.74, 6) is 0.153. The number of hydrogen-bond acceptors (Lipinski definition) is 6. The zero-order valence-corrected chi connectivity index (χ0v) is 22.8. The van der Waals surface area contributed by atoms with Gasteiger partial charge >= 0.3 is 0 Å². The summed E-state index contributed by atoms with van der Waals surface area (Å²) in [4.78, 5) is 27.6. The predicted octanol–water partition coefficient (Wildman–Crippen LogP) is 5.85. The van der Waals surface area contributed by atoms with Crippen molar-refractivity contribution in [1.82, 2.24) is 5.32 Å². The van der Waals surface area contributed by atoms with Crippen molar-refractivity contribution in [3.05, 3.63) is 106 Å². The van der Waals surface area contributed by atoms with Gasteiger partial charge in [-0.2, -0.15) is 0 Å². The Balaban J connectivity index is 1.53. The highest BCUT2D eigenvalue weighted by atomic mass is 19.1. The Bertz CT molecular complexity index is 1530. The van der Waals surface area contributed by atoms with Crippen molar-refractivity contribution < 1.29 is 28.2 Å². The summed E-state index contributed by atoms with van der Waals surface area (Å²) in [5.41, 5.74) is 4.29. The van der Waals surface area contributed by atoms with E-state index in [0.717, 1.165) is 11.3 Å². The molecule has 1 heterocycles. The maximum Gasteiger partial charge on any atom is 0.254 e. The molecule has 0 radical (unpaired) electrons. The van der Waals surface area contributed by atoms with Crippen LogP contribution >= 0.6 is 0 Å². The van der Waals surface area contributed by atoms with E-state index in [0.29, 0.717) is 51.8 Å². The molecule has 8 heteroatoms. The van der Waals surface area contributed by atoms with E-state index in [1.165, 1.54) is 12.1 Å². The number of carbonyl (C=O) groups is 2. The van der Waals surface area contributed by atoms with Gasteiger partial charge in [-0.1, -0.05) is 18.2 Å². The molecule has 5 rings (SSSR count).